The van der Waals surface area contributed by atoms with E-state index in [2.05, 4.69) is 5.32 Å². The Morgan fingerprint density at radius 1 is 1.13 bits per heavy atom. The van der Waals surface area contributed by atoms with Crippen LogP contribution < -0.4 is 10.1 Å². The van der Waals surface area contributed by atoms with E-state index in [1.165, 1.54) is 12.1 Å². The molecule has 4 rings (SSSR count). The lowest BCUT2D eigenvalue weighted by Crippen LogP contribution is -2.27. The zero-order chi connectivity index (χ0) is 21.1. The molecule has 0 bridgehead atoms. The normalized spacial score (nSPS) is 11.2. The highest BCUT2D eigenvalue weighted by Gasteiger charge is 2.15. The summed E-state index contributed by atoms with van der Waals surface area (Å²) in [4.78, 5) is 13.7. The van der Waals surface area contributed by atoms with Gasteiger partial charge in [-0.05, 0) is 67.3 Å². The second-order valence-corrected chi connectivity index (χ2v) is 8.33. The number of benzene rings is 2. The van der Waals surface area contributed by atoms with E-state index in [1.807, 2.05) is 66.3 Å². The first kappa shape index (κ1) is 20.2. The van der Waals surface area contributed by atoms with E-state index < -0.39 is 0 Å². The Balaban J connectivity index is 1.49. The fraction of sp³-hybridized carbons (Fsp3) is 0.208. The van der Waals surface area contributed by atoms with E-state index in [0.29, 0.717) is 6.54 Å². The predicted octanol–water partition coefficient (Wildman–Crippen LogP) is 5.61. The number of nitrogens with one attached hydrogen (secondary N) is 1. The summed E-state index contributed by atoms with van der Waals surface area (Å²) in [5.74, 6) is 0.426. The van der Waals surface area contributed by atoms with Crippen molar-refractivity contribution in [2.75, 3.05) is 0 Å². The van der Waals surface area contributed by atoms with E-state index >= 15 is 0 Å². The van der Waals surface area contributed by atoms with Gasteiger partial charge in [0.15, 0.2) is 0 Å². The van der Waals surface area contributed by atoms with Crippen LogP contribution in [0.25, 0.3) is 21.5 Å². The van der Waals surface area contributed by atoms with Crippen molar-refractivity contribution in [3.63, 3.8) is 0 Å². The number of carbonyl (C=O) groups excluding carboxylic acids is 1. The van der Waals surface area contributed by atoms with Crippen molar-refractivity contribution in [1.29, 1.82) is 0 Å². The Kier molecular flexibility index (Phi) is 5.86. The summed E-state index contributed by atoms with van der Waals surface area (Å²) in [5.41, 5.74) is 2.75. The minimum Gasteiger partial charge on any atom is -0.491 e. The molecule has 0 saturated carbocycles. The number of aromatic nitrogens is 1. The molecule has 0 spiro atoms. The molecular formula is C24H23FN2O2S. The number of halogens is 1. The number of amides is 1. The summed E-state index contributed by atoms with van der Waals surface area (Å²) in [6.45, 7) is 4.57. The van der Waals surface area contributed by atoms with Crippen LogP contribution in [-0.4, -0.2) is 16.6 Å². The number of carbonyl (C=O) groups is 1. The molecule has 0 fully saturated rings. The molecule has 2 heterocycles. The molecule has 154 valence electrons. The van der Waals surface area contributed by atoms with E-state index in [0.717, 1.165) is 32.8 Å². The van der Waals surface area contributed by atoms with Crippen molar-refractivity contribution in [2.45, 2.75) is 33.0 Å². The number of hydrogen-bond acceptors (Lipinski definition) is 3. The maximum atomic E-state index is 13.7. The summed E-state index contributed by atoms with van der Waals surface area (Å²) < 4.78 is 21.3. The van der Waals surface area contributed by atoms with Crippen LogP contribution in [0.5, 0.6) is 5.75 Å². The third kappa shape index (κ3) is 4.54. The zero-order valence-corrected chi connectivity index (χ0v) is 17.7. The fourth-order valence-electron chi connectivity index (χ4n) is 3.40. The molecule has 1 N–H and O–H groups in total. The standard InChI is InChI=1S/C24H23FN2O2S/c1-16(2)29-20-8-5-17(6-9-20)14-26-24(28)15-27-21-10-7-19(25)12-18(21)13-22(27)23-4-3-11-30-23/h3-13,16H,14-15H2,1-2H3,(H,26,28). The van der Waals surface area contributed by atoms with Crippen molar-refractivity contribution >= 4 is 28.1 Å². The van der Waals surface area contributed by atoms with Crippen LogP contribution in [0.3, 0.4) is 0 Å². The first-order valence-electron chi connectivity index (χ1n) is 9.84. The average Bonchev–Trinajstić information content (AvgIpc) is 3.35. The minimum absolute atomic E-state index is 0.0999. The molecule has 0 aliphatic rings. The van der Waals surface area contributed by atoms with Crippen molar-refractivity contribution in [2.24, 2.45) is 0 Å². The lowest BCUT2D eigenvalue weighted by atomic mass is 10.2. The molecule has 0 aliphatic carbocycles. The summed E-state index contributed by atoms with van der Waals surface area (Å²) >= 11 is 1.59. The number of thiophene rings is 1. The highest BCUT2D eigenvalue weighted by molar-refractivity contribution is 7.13. The molecule has 2 aromatic carbocycles. The number of hydrogen-bond donors (Lipinski definition) is 1. The first-order chi connectivity index (χ1) is 14.5. The summed E-state index contributed by atoms with van der Waals surface area (Å²) in [6, 6.07) is 18.3. The second kappa shape index (κ2) is 8.71. The summed E-state index contributed by atoms with van der Waals surface area (Å²) in [5, 5.41) is 5.75. The molecule has 6 heteroatoms. The maximum Gasteiger partial charge on any atom is 0.240 e. The van der Waals surface area contributed by atoms with Crippen LogP contribution in [-0.2, 0) is 17.9 Å². The lowest BCUT2D eigenvalue weighted by molar-refractivity contribution is -0.121. The van der Waals surface area contributed by atoms with E-state index in [4.69, 9.17) is 4.74 Å². The van der Waals surface area contributed by atoms with Crippen LogP contribution in [0.1, 0.15) is 19.4 Å². The highest BCUT2D eigenvalue weighted by Crippen LogP contribution is 2.31. The topological polar surface area (TPSA) is 43.3 Å². The predicted molar refractivity (Wildman–Crippen MR) is 119 cm³/mol. The average molecular weight is 423 g/mol. The maximum absolute atomic E-state index is 13.7. The Labute approximate surface area is 178 Å². The molecule has 30 heavy (non-hydrogen) atoms. The van der Waals surface area contributed by atoms with Gasteiger partial charge >= 0.3 is 0 Å². The molecule has 1 amide bonds. The van der Waals surface area contributed by atoms with Gasteiger partial charge in [0, 0.05) is 17.4 Å². The summed E-state index contributed by atoms with van der Waals surface area (Å²) in [6.07, 6.45) is 0.123. The zero-order valence-electron chi connectivity index (χ0n) is 16.9. The first-order valence-corrected chi connectivity index (χ1v) is 10.7. The van der Waals surface area contributed by atoms with Gasteiger partial charge in [0.2, 0.25) is 5.91 Å². The number of nitrogens with zero attached hydrogens (tertiary/aromatic N) is 1. The van der Waals surface area contributed by atoms with Gasteiger partial charge in [0.25, 0.3) is 0 Å². The third-order valence-electron chi connectivity index (χ3n) is 4.72. The molecule has 0 radical (unpaired) electrons. The molecule has 4 nitrogen and oxygen atoms in total. The molecule has 4 aromatic rings. The number of ether oxygens (including phenoxy) is 1. The van der Waals surface area contributed by atoms with Gasteiger partial charge in [0.05, 0.1) is 16.7 Å². The lowest BCUT2D eigenvalue weighted by Gasteiger charge is -2.12. The van der Waals surface area contributed by atoms with Gasteiger partial charge in [-0.3, -0.25) is 4.79 Å². The van der Waals surface area contributed by atoms with Gasteiger partial charge in [-0.2, -0.15) is 0 Å². The Hall–Kier alpha value is -3.12. The Morgan fingerprint density at radius 3 is 2.63 bits per heavy atom. The van der Waals surface area contributed by atoms with Gasteiger partial charge in [-0.15, -0.1) is 11.3 Å². The largest absolute Gasteiger partial charge is 0.491 e. The monoisotopic (exact) mass is 422 g/mol. The van der Waals surface area contributed by atoms with Crippen molar-refractivity contribution in [1.82, 2.24) is 9.88 Å². The number of fused-ring (bicyclic) bond motifs is 1. The Bertz CT molecular complexity index is 1150. The molecule has 0 saturated heterocycles. The third-order valence-corrected chi connectivity index (χ3v) is 5.62. The smallest absolute Gasteiger partial charge is 0.240 e. The quantitative estimate of drug-likeness (QED) is 0.420. The fourth-order valence-corrected chi connectivity index (χ4v) is 4.15. The molecule has 2 aromatic heterocycles. The second-order valence-electron chi connectivity index (χ2n) is 7.38. The minimum atomic E-state index is -0.285. The van der Waals surface area contributed by atoms with Crippen LogP contribution >= 0.6 is 11.3 Å². The SMILES string of the molecule is CC(C)Oc1ccc(CNC(=O)Cn2c(-c3cccs3)cc3cc(F)ccc32)cc1. The highest BCUT2D eigenvalue weighted by atomic mass is 32.1. The number of rotatable bonds is 7. The summed E-state index contributed by atoms with van der Waals surface area (Å²) in [7, 11) is 0. The van der Waals surface area contributed by atoms with Crippen molar-refractivity contribution in [3.05, 3.63) is 77.4 Å². The van der Waals surface area contributed by atoms with Crippen LogP contribution in [0.2, 0.25) is 0 Å². The Morgan fingerprint density at radius 2 is 1.93 bits per heavy atom. The van der Waals surface area contributed by atoms with E-state index in [9.17, 15) is 9.18 Å². The van der Waals surface area contributed by atoms with Crippen molar-refractivity contribution < 1.29 is 13.9 Å². The van der Waals surface area contributed by atoms with Gasteiger partial charge in [-0.25, -0.2) is 4.39 Å². The molecule has 0 atom stereocenters. The van der Waals surface area contributed by atoms with Crippen LogP contribution in [0, 0.1) is 5.82 Å². The molecular weight excluding hydrogens is 399 g/mol. The van der Waals surface area contributed by atoms with E-state index in [-0.39, 0.29) is 24.4 Å². The molecule has 0 unspecified atom stereocenters. The van der Waals surface area contributed by atoms with Crippen LogP contribution in [0.4, 0.5) is 4.39 Å². The van der Waals surface area contributed by atoms with E-state index in [1.54, 1.807) is 17.4 Å². The van der Waals surface area contributed by atoms with Crippen molar-refractivity contribution in [3.8, 4) is 16.3 Å². The van der Waals surface area contributed by atoms with Crippen LogP contribution in [0.15, 0.2) is 66.0 Å². The van der Waals surface area contributed by atoms with Gasteiger partial charge in [0.1, 0.15) is 18.1 Å². The van der Waals surface area contributed by atoms with Gasteiger partial charge in [-0.1, -0.05) is 18.2 Å². The molecule has 0 aliphatic heterocycles. The van der Waals surface area contributed by atoms with Gasteiger partial charge < -0.3 is 14.6 Å².